The van der Waals surface area contributed by atoms with E-state index in [4.69, 9.17) is 5.73 Å². The lowest BCUT2D eigenvalue weighted by atomic mass is 10.2. The van der Waals surface area contributed by atoms with Crippen LogP contribution in [0.3, 0.4) is 0 Å². The molecule has 0 saturated heterocycles. The maximum atomic E-state index is 12.9. The fourth-order valence-electron chi connectivity index (χ4n) is 2.97. The Morgan fingerprint density at radius 1 is 1.14 bits per heavy atom. The van der Waals surface area contributed by atoms with Gasteiger partial charge in [-0.15, -0.1) is 0 Å². The molecule has 0 aliphatic carbocycles. The average Bonchev–Trinajstić information content (AvgIpc) is 2.82. The van der Waals surface area contributed by atoms with Crippen LogP contribution < -0.4 is 5.73 Å². The van der Waals surface area contributed by atoms with Crippen LogP contribution in [0.1, 0.15) is 24.4 Å². The Morgan fingerprint density at radius 2 is 1.86 bits per heavy atom. The maximum Gasteiger partial charge on any atom is 0.245 e. The summed E-state index contributed by atoms with van der Waals surface area (Å²) in [7, 11) is -3.58. The zero-order valence-corrected chi connectivity index (χ0v) is 13.0. The summed E-state index contributed by atoms with van der Waals surface area (Å²) in [6, 6.07) is 10.4. The van der Waals surface area contributed by atoms with Crippen LogP contribution in [-0.4, -0.2) is 23.8 Å². The van der Waals surface area contributed by atoms with Gasteiger partial charge in [0.05, 0.1) is 11.7 Å². The normalized spacial score (nSPS) is 19.4. The Hall–Kier alpha value is -1.79. The first-order chi connectivity index (χ1) is 9.93. The van der Waals surface area contributed by atoms with E-state index in [-0.39, 0.29) is 10.9 Å². The molecule has 1 aliphatic heterocycles. The average molecular weight is 305 g/mol. The van der Waals surface area contributed by atoms with Crippen molar-refractivity contribution in [3.8, 4) is 0 Å². The molecule has 1 aromatic heterocycles. The van der Waals surface area contributed by atoms with E-state index in [1.807, 2.05) is 26.0 Å². The summed E-state index contributed by atoms with van der Waals surface area (Å²) in [5.74, 6) is 0. The van der Waals surface area contributed by atoms with Gasteiger partial charge >= 0.3 is 0 Å². The fraction of sp³-hybridized carbons (Fsp3) is 0.333. The number of aromatic nitrogens is 1. The highest BCUT2D eigenvalue weighted by Crippen LogP contribution is 2.33. The molecule has 5 nitrogen and oxygen atoms in total. The Kier molecular flexibility index (Phi) is 3.30. The molecule has 1 atom stereocenters. The third-order valence-corrected chi connectivity index (χ3v) is 6.19. The van der Waals surface area contributed by atoms with Crippen molar-refractivity contribution in [2.75, 3.05) is 12.3 Å². The van der Waals surface area contributed by atoms with Crippen molar-refractivity contribution in [1.82, 2.24) is 8.87 Å². The van der Waals surface area contributed by atoms with Crippen molar-refractivity contribution in [3.63, 3.8) is 0 Å². The lowest BCUT2D eigenvalue weighted by Gasteiger charge is -2.34. The highest BCUT2D eigenvalue weighted by Gasteiger charge is 2.35. The van der Waals surface area contributed by atoms with Crippen LogP contribution in [0.4, 0.5) is 5.69 Å². The number of aryl methyl sites for hydroxylation is 1. The second-order valence-electron chi connectivity index (χ2n) is 5.38. The van der Waals surface area contributed by atoms with Gasteiger partial charge in [0.25, 0.3) is 0 Å². The number of benzene rings is 1. The van der Waals surface area contributed by atoms with Crippen LogP contribution in [0.5, 0.6) is 0 Å². The zero-order chi connectivity index (χ0) is 15.2. The van der Waals surface area contributed by atoms with Gasteiger partial charge in [-0.3, -0.25) is 0 Å². The number of nitrogens with zero attached hydrogens (tertiary/aromatic N) is 2. The van der Waals surface area contributed by atoms with Crippen molar-refractivity contribution in [1.29, 1.82) is 0 Å². The standard InChI is InChI=1S/C15H19N3O2S/c1-11-7-8-14-12(2)18(10-9-17(11)14)21(19,20)15-6-4-3-5-13(15)16/h3-8,12H,9-10,16H2,1-2H3. The monoisotopic (exact) mass is 305 g/mol. The second kappa shape index (κ2) is 4.89. The summed E-state index contributed by atoms with van der Waals surface area (Å²) in [4.78, 5) is 0.188. The number of hydrogen-bond acceptors (Lipinski definition) is 3. The van der Waals surface area contributed by atoms with E-state index in [9.17, 15) is 8.42 Å². The molecule has 1 aromatic carbocycles. The minimum absolute atomic E-state index is 0.188. The third-order valence-electron chi connectivity index (χ3n) is 4.14. The van der Waals surface area contributed by atoms with Crippen LogP contribution in [0.2, 0.25) is 0 Å². The molecule has 0 bridgehead atoms. The first-order valence-corrected chi connectivity index (χ1v) is 8.39. The molecule has 3 rings (SSSR count). The number of nitrogens with two attached hydrogens (primary N) is 1. The van der Waals surface area contributed by atoms with E-state index in [1.54, 1.807) is 24.3 Å². The fourth-order valence-corrected chi connectivity index (χ4v) is 4.69. The number of anilines is 1. The largest absolute Gasteiger partial charge is 0.398 e. The SMILES string of the molecule is Cc1ccc2n1CCN(S(=O)(=O)c1ccccc1N)C2C. The highest BCUT2D eigenvalue weighted by atomic mass is 32.2. The van der Waals surface area contributed by atoms with Crippen LogP contribution in [0.25, 0.3) is 0 Å². The minimum atomic E-state index is -3.58. The predicted octanol–water partition coefficient (Wildman–Crippen LogP) is 2.14. The van der Waals surface area contributed by atoms with Gasteiger partial charge in [-0.05, 0) is 38.1 Å². The Morgan fingerprint density at radius 3 is 2.57 bits per heavy atom. The summed E-state index contributed by atoms with van der Waals surface area (Å²) < 4.78 is 29.5. The molecule has 2 N–H and O–H groups in total. The molecule has 2 aromatic rings. The number of sulfonamides is 1. The van der Waals surface area contributed by atoms with Crippen molar-refractivity contribution >= 4 is 15.7 Å². The molecule has 2 heterocycles. The highest BCUT2D eigenvalue weighted by molar-refractivity contribution is 7.89. The quantitative estimate of drug-likeness (QED) is 0.864. The molecule has 112 valence electrons. The Labute approximate surface area is 125 Å². The summed E-state index contributed by atoms with van der Waals surface area (Å²) in [6.45, 7) is 5.08. The lowest BCUT2D eigenvalue weighted by molar-refractivity contribution is 0.280. The van der Waals surface area contributed by atoms with E-state index in [1.165, 1.54) is 4.31 Å². The molecule has 0 saturated carbocycles. The topological polar surface area (TPSA) is 68.3 Å². The number of hydrogen-bond donors (Lipinski definition) is 1. The van der Waals surface area contributed by atoms with Crippen LogP contribution in [0, 0.1) is 6.92 Å². The van der Waals surface area contributed by atoms with E-state index in [0.29, 0.717) is 18.8 Å². The molecule has 0 radical (unpaired) electrons. The van der Waals surface area contributed by atoms with Gasteiger partial charge < -0.3 is 10.3 Å². The van der Waals surface area contributed by atoms with Gasteiger partial charge in [-0.25, -0.2) is 8.42 Å². The maximum absolute atomic E-state index is 12.9. The number of fused-ring (bicyclic) bond motifs is 1. The molecular weight excluding hydrogens is 286 g/mol. The van der Waals surface area contributed by atoms with E-state index >= 15 is 0 Å². The molecule has 0 amide bonds. The van der Waals surface area contributed by atoms with Crippen molar-refractivity contribution in [3.05, 3.63) is 47.8 Å². The summed E-state index contributed by atoms with van der Waals surface area (Å²) in [5.41, 5.74) is 8.33. The van der Waals surface area contributed by atoms with Gasteiger partial charge in [0, 0.05) is 24.5 Å². The van der Waals surface area contributed by atoms with Crippen LogP contribution >= 0.6 is 0 Å². The van der Waals surface area contributed by atoms with E-state index in [0.717, 1.165) is 11.4 Å². The minimum Gasteiger partial charge on any atom is -0.398 e. The Balaban J connectivity index is 2.04. The summed E-state index contributed by atoms with van der Waals surface area (Å²) in [6.07, 6.45) is 0. The number of nitrogen functional groups attached to an aromatic ring is 1. The molecule has 1 unspecified atom stereocenters. The van der Waals surface area contributed by atoms with Gasteiger partial charge in [0.2, 0.25) is 10.0 Å². The molecule has 6 heteroatoms. The first kappa shape index (κ1) is 14.2. The Bertz CT molecular complexity index is 780. The van der Waals surface area contributed by atoms with E-state index in [2.05, 4.69) is 4.57 Å². The first-order valence-electron chi connectivity index (χ1n) is 6.95. The molecule has 0 fully saturated rings. The lowest BCUT2D eigenvalue weighted by Crippen LogP contribution is -2.41. The number of rotatable bonds is 2. The van der Waals surface area contributed by atoms with Crippen molar-refractivity contribution in [2.45, 2.75) is 31.3 Å². The van der Waals surface area contributed by atoms with Gasteiger partial charge in [0.1, 0.15) is 4.90 Å². The molecular formula is C15H19N3O2S. The molecule has 1 aliphatic rings. The van der Waals surface area contributed by atoms with Gasteiger partial charge in [0.15, 0.2) is 0 Å². The molecule has 21 heavy (non-hydrogen) atoms. The van der Waals surface area contributed by atoms with E-state index < -0.39 is 10.0 Å². The predicted molar refractivity (Wildman–Crippen MR) is 82.3 cm³/mol. The zero-order valence-electron chi connectivity index (χ0n) is 12.2. The third kappa shape index (κ3) is 2.15. The van der Waals surface area contributed by atoms with Gasteiger partial charge in [-0.1, -0.05) is 12.1 Å². The number of para-hydroxylation sites is 1. The van der Waals surface area contributed by atoms with Crippen molar-refractivity contribution < 1.29 is 8.42 Å². The summed E-state index contributed by atoms with van der Waals surface area (Å²) >= 11 is 0. The smallest absolute Gasteiger partial charge is 0.245 e. The van der Waals surface area contributed by atoms with Crippen molar-refractivity contribution in [2.24, 2.45) is 0 Å². The van der Waals surface area contributed by atoms with Crippen LogP contribution in [-0.2, 0) is 16.6 Å². The summed E-state index contributed by atoms with van der Waals surface area (Å²) in [5, 5.41) is 0. The van der Waals surface area contributed by atoms with Crippen LogP contribution in [0.15, 0.2) is 41.3 Å². The van der Waals surface area contributed by atoms with Gasteiger partial charge in [-0.2, -0.15) is 4.31 Å². The second-order valence-corrected chi connectivity index (χ2v) is 7.24. The molecule has 0 spiro atoms.